The average Bonchev–Trinajstić information content (AvgIpc) is 2.73. The molecule has 0 atom stereocenters. The fourth-order valence-electron chi connectivity index (χ4n) is 2.61. The fourth-order valence-corrected chi connectivity index (χ4v) is 2.61. The topological polar surface area (TPSA) is 25.2 Å². The maximum atomic E-state index is 6.12. The molecule has 2 heteroatoms. The third kappa shape index (κ3) is 2.84. The van der Waals surface area contributed by atoms with Gasteiger partial charge in [0.1, 0.15) is 11.3 Å². The number of furan rings is 1. The SMILES string of the molecule is CCc1c(CNCC(C)C)oc2c(C)ccc(C)c12. The molecule has 2 aromatic rings. The summed E-state index contributed by atoms with van der Waals surface area (Å²) in [5, 5.41) is 4.80. The monoisotopic (exact) mass is 259 g/mol. The number of nitrogens with one attached hydrogen (secondary N) is 1. The molecule has 0 amide bonds. The van der Waals surface area contributed by atoms with Gasteiger partial charge in [-0.25, -0.2) is 0 Å². The molecule has 19 heavy (non-hydrogen) atoms. The number of rotatable bonds is 5. The summed E-state index contributed by atoms with van der Waals surface area (Å²) >= 11 is 0. The molecule has 1 aromatic carbocycles. The summed E-state index contributed by atoms with van der Waals surface area (Å²) in [6, 6.07) is 4.34. The third-order valence-electron chi connectivity index (χ3n) is 3.62. The van der Waals surface area contributed by atoms with E-state index >= 15 is 0 Å². The summed E-state index contributed by atoms with van der Waals surface area (Å²) in [4.78, 5) is 0. The number of benzene rings is 1. The molecule has 2 rings (SSSR count). The predicted molar refractivity (Wildman–Crippen MR) is 81.6 cm³/mol. The van der Waals surface area contributed by atoms with E-state index in [-0.39, 0.29) is 0 Å². The first-order chi connectivity index (χ1) is 9.04. The largest absolute Gasteiger partial charge is 0.459 e. The Kier molecular flexibility index (Phi) is 4.31. The van der Waals surface area contributed by atoms with E-state index in [0.29, 0.717) is 5.92 Å². The molecule has 0 fully saturated rings. The Hall–Kier alpha value is -1.28. The Morgan fingerprint density at radius 3 is 2.47 bits per heavy atom. The quantitative estimate of drug-likeness (QED) is 0.863. The molecule has 0 spiro atoms. The van der Waals surface area contributed by atoms with Crippen molar-refractivity contribution < 1.29 is 4.42 Å². The van der Waals surface area contributed by atoms with E-state index in [1.54, 1.807) is 0 Å². The Balaban J connectivity index is 2.39. The zero-order valence-electron chi connectivity index (χ0n) is 12.8. The number of fused-ring (bicyclic) bond motifs is 1. The minimum Gasteiger partial charge on any atom is -0.459 e. The number of hydrogen-bond acceptors (Lipinski definition) is 2. The fraction of sp³-hybridized carbons (Fsp3) is 0.529. The van der Waals surface area contributed by atoms with E-state index in [1.807, 2.05) is 0 Å². The van der Waals surface area contributed by atoms with Gasteiger partial charge in [0, 0.05) is 10.9 Å². The molecule has 1 aromatic heterocycles. The zero-order chi connectivity index (χ0) is 14.0. The summed E-state index contributed by atoms with van der Waals surface area (Å²) < 4.78 is 6.12. The van der Waals surface area contributed by atoms with Gasteiger partial charge in [0.2, 0.25) is 0 Å². The van der Waals surface area contributed by atoms with Gasteiger partial charge in [-0.1, -0.05) is 32.9 Å². The molecule has 0 aliphatic rings. The predicted octanol–water partition coefficient (Wildman–Crippen LogP) is 4.36. The lowest BCUT2D eigenvalue weighted by Crippen LogP contribution is -2.19. The van der Waals surface area contributed by atoms with E-state index < -0.39 is 0 Å². The van der Waals surface area contributed by atoms with Crippen molar-refractivity contribution in [3.05, 3.63) is 34.6 Å². The summed E-state index contributed by atoms with van der Waals surface area (Å²) in [6.07, 6.45) is 1.02. The molecule has 0 bridgehead atoms. The van der Waals surface area contributed by atoms with Gasteiger partial charge in [0.05, 0.1) is 6.54 Å². The summed E-state index contributed by atoms with van der Waals surface area (Å²) in [5.74, 6) is 1.77. The van der Waals surface area contributed by atoms with Crippen LogP contribution in [-0.4, -0.2) is 6.54 Å². The van der Waals surface area contributed by atoms with Crippen LogP contribution in [0.1, 0.15) is 43.2 Å². The Labute approximate surface area is 116 Å². The van der Waals surface area contributed by atoms with E-state index in [4.69, 9.17) is 4.42 Å². The van der Waals surface area contributed by atoms with Crippen molar-refractivity contribution in [3.63, 3.8) is 0 Å². The van der Waals surface area contributed by atoms with Crippen molar-refractivity contribution in [1.29, 1.82) is 0 Å². The van der Waals surface area contributed by atoms with Crippen molar-refractivity contribution in [2.45, 2.75) is 47.6 Å². The highest BCUT2D eigenvalue weighted by molar-refractivity contribution is 5.88. The van der Waals surface area contributed by atoms with Crippen LogP contribution in [0.4, 0.5) is 0 Å². The highest BCUT2D eigenvalue weighted by Crippen LogP contribution is 2.31. The minimum atomic E-state index is 0.665. The van der Waals surface area contributed by atoms with Crippen LogP contribution in [0.5, 0.6) is 0 Å². The molecule has 0 aliphatic carbocycles. The van der Waals surface area contributed by atoms with Crippen LogP contribution in [0.3, 0.4) is 0 Å². The summed E-state index contributed by atoms with van der Waals surface area (Å²) in [5.41, 5.74) is 4.98. The highest BCUT2D eigenvalue weighted by atomic mass is 16.3. The Morgan fingerprint density at radius 2 is 1.84 bits per heavy atom. The molecule has 0 saturated heterocycles. The van der Waals surface area contributed by atoms with E-state index in [2.05, 4.69) is 52.1 Å². The van der Waals surface area contributed by atoms with Gasteiger partial charge in [0.15, 0.2) is 0 Å². The second-order valence-electron chi connectivity index (χ2n) is 5.79. The molecule has 0 radical (unpaired) electrons. The highest BCUT2D eigenvalue weighted by Gasteiger charge is 2.15. The second kappa shape index (κ2) is 5.79. The number of aryl methyl sites for hydroxylation is 3. The third-order valence-corrected chi connectivity index (χ3v) is 3.62. The smallest absolute Gasteiger partial charge is 0.137 e. The first-order valence-corrected chi connectivity index (χ1v) is 7.25. The normalized spacial score (nSPS) is 11.7. The molecule has 2 nitrogen and oxygen atoms in total. The van der Waals surface area contributed by atoms with Gasteiger partial charge < -0.3 is 9.73 Å². The zero-order valence-corrected chi connectivity index (χ0v) is 12.8. The lowest BCUT2D eigenvalue weighted by Gasteiger charge is -2.06. The lowest BCUT2D eigenvalue weighted by atomic mass is 10.0. The standard InChI is InChI=1S/C17H25NO/c1-6-14-15(10-18-9-11(2)3)19-17-13(5)8-7-12(4)16(14)17/h7-8,11,18H,6,9-10H2,1-5H3. The summed E-state index contributed by atoms with van der Waals surface area (Å²) in [6.45, 7) is 12.8. The van der Waals surface area contributed by atoms with Crippen LogP contribution in [-0.2, 0) is 13.0 Å². The van der Waals surface area contributed by atoms with Gasteiger partial charge in [-0.3, -0.25) is 0 Å². The van der Waals surface area contributed by atoms with Gasteiger partial charge in [-0.15, -0.1) is 0 Å². The van der Waals surface area contributed by atoms with Crippen molar-refractivity contribution in [2.75, 3.05) is 6.54 Å². The average molecular weight is 259 g/mol. The minimum absolute atomic E-state index is 0.665. The van der Waals surface area contributed by atoms with Crippen molar-refractivity contribution >= 4 is 11.0 Å². The van der Waals surface area contributed by atoms with E-state index in [0.717, 1.165) is 30.9 Å². The molecule has 0 unspecified atom stereocenters. The van der Waals surface area contributed by atoms with Crippen LogP contribution in [0.25, 0.3) is 11.0 Å². The maximum absolute atomic E-state index is 6.12. The number of hydrogen-bond donors (Lipinski definition) is 1. The molecular weight excluding hydrogens is 234 g/mol. The van der Waals surface area contributed by atoms with Crippen LogP contribution >= 0.6 is 0 Å². The van der Waals surface area contributed by atoms with Crippen molar-refractivity contribution in [3.8, 4) is 0 Å². The van der Waals surface area contributed by atoms with Gasteiger partial charge >= 0.3 is 0 Å². The molecule has 1 heterocycles. The van der Waals surface area contributed by atoms with Crippen LogP contribution in [0.2, 0.25) is 0 Å². The van der Waals surface area contributed by atoms with E-state index in [1.165, 1.54) is 22.1 Å². The molecule has 0 saturated carbocycles. The second-order valence-corrected chi connectivity index (χ2v) is 5.79. The Morgan fingerprint density at radius 1 is 1.16 bits per heavy atom. The van der Waals surface area contributed by atoms with Crippen molar-refractivity contribution in [1.82, 2.24) is 5.32 Å². The van der Waals surface area contributed by atoms with Gasteiger partial charge in [-0.2, -0.15) is 0 Å². The molecule has 104 valence electrons. The van der Waals surface area contributed by atoms with Gasteiger partial charge in [0.25, 0.3) is 0 Å². The first kappa shape index (κ1) is 14.1. The first-order valence-electron chi connectivity index (χ1n) is 7.25. The summed E-state index contributed by atoms with van der Waals surface area (Å²) in [7, 11) is 0. The Bertz CT molecular complexity index is 566. The van der Waals surface area contributed by atoms with Crippen LogP contribution in [0, 0.1) is 19.8 Å². The van der Waals surface area contributed by atoms with Gasteiger partial charge in [-0.05, 0) is 43.9 Å². The van der Waals surface area contributed by atoms with Crippen LogP contribution < -0.4 is 5.32 Å². The lowest BCUT2D eigenvalue weighted by molar-refractivity contribution is 0.480. The molecular formula is C17H25NO. The van der Waals surface area contributed by atoms with Crippen molar-refractivity contribution in [2.24, 2.45) is 5.92 Å². The molecule has 0 aliphatic heterocycles. The van der Waals surface area contributed by atoms with E-state index in [9.17, 15) is 0 Å². The van der Waals surface area contributed by atoms with Crippen LogP contribution in [0.15, 0.2) is 16.5 Å². The maximum Gasteiger partial charge on any atom is 0.137 e. The molecule has 1 N–H and O–H groups in total.